The van der Waals surface area contributed by atoms with E-state index in [1.165, 1.54) is 25.3 Å². The van der Waals surface area contributed by atoms with Crippen molar-refractivity contribution in [2.24, 2.45) is 0 Å². The number of nitrogens with zero attached hydrogens (tertiary/aromatic N) is 1. The summed E-state index contributed by atoms with van der Waals surface area (Å²) < 4.78 is 19.2. The van der Waals surface area contributed by atoms with Crippen LogP contribution in [-0.2, 0) is 9.59 Å². The van der Waals surface area contributed by atoms with E-state index >= 15 is 0 Å². The van der Waals surface area contributed by atoms with Crippen LogP contribution in [0.1, 0.15) is 17.9 Å². The number of halogens is 1. The zero-order chi connectivity index (χ0) is 22.0. The molecule has 158 valence electrons. The monoisotopic (exact) mass is 423 g/mol. The Morgan fingerprint density at radius 3 is 2.58 bits per heavy atom. The number of carbonyl (C=O) groups is 2. The third kappa shape index (κ3) is 4.08. The minimum absolute atomic E-state index is 0.000911. The van der Waals surface area contributed by atoms with Gasteiger partial charge in [0, 0.05) is 6.42 Å². The molecule has 2 heterocycles. The quantitative estimate of drug-likeness (QED) is 0.500. The fourth-order valence-electron chi connectivity index (χ4n) is 3.31. The first-order chi connectivity index (χ1) is 15.0. The standard InChI is InChI=1S/C21H18FN5O4/c1-31-15-9-5-4-8-14(15)24-21-26-18-17(20(30)27-21)11(10-16(28)25-18)19(29)23-13-7-3-2-6-12(13)22/h2-9,11H,10H2,1H3,(H,23,29)(H3,24,25,26,27,28,30). The Bertz CT molecular complexity index is 1230. The van der Waals surface area contributed by atoms with Gasteiger partial charge in [0.25, 0.3) is 5.56 Å². The van der Waals surface area contributed by atoms with Crippen molar-refractivity contribution < 1.29 is 18.7 Å². The van der Waals surface area contributed by atoms with Crippen LogP contribution in [0.25, 0.3) is 0 Å². The summed E-state index contributed by atoms with van der Waals surface area (Å²) >= 11 is 0. The second-order valence-corrected chi connectivity index (χ2v) is 6.78. The van der Waals surface area contributed by atoms with E-state index in [1.807, 2.05) is 0 Å². The Morgan fingerprint density at radius 2 is 1.84 bits per heavy atom. The summed E-state index contributed by atoms with van der Waals surface area (Å²) in [6, 6.07) is 12.6. The van der Waals surface area contributed by atoms with Gasteiger partial charge in [-0.25, -0.2) is 4.39 Å². The SMILES string of the molecule is COc1ccccc1Nc1nc2c(c(=O)[nH]1)C(C(=O)Nc1ccccc1F)CC(=O)N2. The van der Waals surface area contributed by atoms with Gasteiger partial charge in [0.2, 0.25) is 17.8 Å². The number of nitrogens with one attached hydrogen (secondary N) is 4. The average Bonchev–Trinajstić information content (AvgIpc) is 2.74. The molecule has 0 fully saturated rings. The van der Waals surface area contributed by atoms with Crippen molar-refractivity contribution in [1.82, 2.24) is 9.97 Å². The minimum atomic E-state index is -1.13. The first kappa shape index (κ1) is 20.1. The molecule has 4 N–H and O–H groups in total. The van der Waals surface area contributed by atoms with Crippen LogP contribution in [0.4, 0.5) is 27.5 Å². The maximum absolute atomic E-state index is 13.9. The number of rotatable bonds is 5. The van der Waals surface area contributed by atoms with E-state index in [-0.39, 0.29) is 29.4 Å². The average molecular weight is 423 g/mol. The molecule has 0 saturated carbocycles. The maximum Gasteiger partial charge on any atom is 0.258 e. The van der Waals surface area contributed by atoms with Crippen LogP contribution in [0.15, 0.2) is 53.3 Å². The lowest BCUT2D eigenvalue weighted by Crippen LogP contribution is -2.36. The maximum atomic E-state index is 13.9. The smallest absolute Gasteiger partial charge is 0.258 e. The summed E-state index contributed by atoms with van der Waals surface area (Å²) in [4.78, 5) is 44.6. The molecule has 1 atom stereocenters. The first-order valence-electron chi connectivity index (χ1n) is 9.35. The molecule has 4 rings (SSSR count). The Labute approximate surface area is 175 Å². The number of aromatic nitrogens is 2. The molecule has 3 aromatic rings. The van der Waals surface area contributed by atoms with Gasteiger partial charge in [-0.15, -0.1) is 0 Å². The lowest BCUT2D eigenvalue weighted by Gasteiger charge is -2.23. The number of amides is 2. The summed E-state index contributed by atoms with van der Waals surface area (Å²) in [5, 5.41) is 7.88. The molecule has 1 aliphatic rings. The van der Waals surface area contributed by atoms with Crippen molar-refractivity contribution in [2.45, 2.75) is 12.3 Å². The summed E-state index contributed by atoms with van der Waals surface area (Å²) in [6.07, 6.45) is -0.267. The predicted molar refractivity (Wildman–Crippen MR) is 112 cm³/mol. The zero-order valence-electron chi connectivity index (χ0n) is 16.4. The van der Waals surface area contributed by atoms with E-state index in [4.69, 9.17) is 4.74 Å². The van der Waals surface area contributed by atoms with Crippen molar-refractivity contribution in [2.75, 3.05) is 23.1 Å². The van der Waals surface area contributed by atoms with E-state index in [1.54, 1.807) is 30.3 Å². The molecule has 2 amide bonds. The Hall–Kier alpha value is -4.21. The molecule has 10 heteroatoms. The van der Waals surface area contributed by atoms with E-state index in [0.29, 0.717) is 11.4 Å². The number of H-pyrrole nitrogens is 1. The molecule has 1 aliphatic heterocycles. The Morgan fingerprint density at radius 1 is 1.13 bits per heavy atom. The Kier molecular flexibility index (Phi) is 5.35. The van der Waals surface area contributed by atoms with E-state index in [0.717, 1.165) is 0 Å². The largest absolute Gasteiger partial charge is 0.495 e. The van der Waals surface area contributed by atoms with Gasteiger partial charge in [-0.1, -0.05) is 24.3 Å². The molecular weight excluding hydrogens is 405 g/mol. The number of hydrogen-bond acceptors (Lipinski definition) is 6. The molecule has 0 saturated heterocycles. The van der Waals surface area contributed by atoms with Gasteiger partial charge in [-0.05, 0) is 24.3 Å². The van der Waals surface area contributed by atoms with Crippen LogP contribution in [0.5, 0.6) is 5.75 Å². The number of ether oxygens (including phenoxy) is 1. The van der Waals surface area contributed by atoms with Crippen LogP contribution in [-0.4, -0.2) is 28.9 Å². The van der Waals surface area contributed by atoms with Crippen LogP contribution < -0.4 is 26.2 Å². The number of hydrogen-bond donors (Lipinski definition) is 4. The zero-order valence-corrected chi connectivity index (χ0v) is 16.4. The molecule has 0 radical (unpaired) electrons. The molecule has 0 aliphatic carbocycles. The fraction of sp³-hybridized carbons (Fsp3) is 0.143. The van der Waals surface area contributed by atoms with E-state index in [9.17, 15) is 18.8 Å². The van der Waals surface area contributed by atoms with Crippen molar-refractivity contribution >= 4 is 35.0 Å². The highest BCUT2D eigenvalue weighted by Crippen LogP contribution is 2.31. The molecule has 1 unspecified atom stereocenters. The van der Waals surface area contributed by atoms with E-state index < -0.39 is 29.1 Å². The Balaban J connectivity index is 1.66. The third-order valence-corrected chi connectivity index (χ3v) is 4.76. The highest BCUT2D eigenvalue weighted by Gasteiger charge is 2.35. The van der Waals surface area contributed by atoms with Gasteiger partial charge in [-0.2, -0.15) is 4.98 Å². The normalized spacial score (nSPS) is 14.9. The van der Waals surface area contributed by atoms with Crippen molar-refractivity contribution in [3.63, 3.8) is 0 Å². The molecular formula is C21H18FN5O4. The number of methoxy groups -OCH3 is 1. The summed E-state index contributed by atoms with van der Waals surface area (Å²) in [5.41, 5.74) is -0.0990. The number of para-hydroxylation sites is 3. The van der Waals surface area contributed by atoms with Crippen molar-refractivity contribution in [1.29, 1.82) is 0 Å². The van der Waals surface area contributed by atoms with Gasteiger partial charge in [0.05, 0.1) is 30.0 Å². The highest BCUT2D eigenvalue weighted by atomic mass is 19.1. The number of aromatic amines is 1. The lowest BCUT2D eigenvalue weighted by atomic mass is 9.92. The summed E-state index contributed by atoms with van der Waals surface area (Å²) in [6.45, 7) is 0. The van der Waals surface area contributed by atoms with E-state index in [2.05, 4.69) is 25.9 Å². The second kappa shape index (κ2) is 8.27. The van der Waals surface area contributed by atoms with Crippen LogP contribution in [0.3, 0.4) is 0 Å². The van der Waals surface area contributed by atoms with Crippen LogP contribution in [0.2, 0.25) is 0 Å². The summed E-state index contributed by atoms with van der Waals surface area (Å²) in [7, 11) is 1.50. The van der Waals surface area contributed by atoms with Gasteiger partial charge in [0.1, 0.15) is 17.4 Å². The third-order valence-electron chi connectivity index (χ3n) is 4.76. The molecule has 9 nitrogen and oxygen atoms in total. The van der Waals surface area contributed by atoms with Crippen molar-refractivity contribution in [3.8, 4) is 5.75 Å². The van der Waals surface area contributed by atoms with Gasteiger partial charge < -0.3 is 20.7 Å². The molecule has 1 aromatic heterocycles. The first-order valence-corrected chi connectivity index (χ1v) is 9.35. The molecule has 0 bridgehead atoms. The lowest BCUT2D eigenvalue weighted by molar-refractivity contribution is -0.123. The van der Waals surface area contributed by atoms with Crippen LogP contribution >= 0.6 is 0 Å². The molecule has 2 aromatic carbocycles. The minimum Gasteiger partial charge on any atom is -0.495 e. The van der Waals surface area contributed by atoms with Gasteiger partial charge in [0.15, 0.2) is 0 Å². The van der Waals surface area contributed by atoms with Crippen molar-refractivity contribution in [3.05, 3.63) is 70.3 Å². The number of anilines is 4. The topological polar surface area (TPSA) is 125 Å². The number of carbonyl (C=O) groups excluding carboxylic acids is 2. The van der Waals surface area contributed by atoms with Crippen LogP contribution in [0, 0.1) is 5.82 Å². The second-order valence-electron chi connectivity index (χ2n) is 6.78. The molecule has 0 spiro atoms. The number of fused-ring (bicyclic) bond motifs is 1. The van der Waals surface area contributed by atoms with Gasteiger partial charge in [-0.3, -0.25) is 19.4 Å². The predicted octanol–water partition coefficient (Wildman–Crippen LogP) is 2.73. The highest BCUT2D eigenvalue weighted by molar-refractivity contribution is 6.04. The van der Waals surface area contributed by atoms with Gasteiger partial charge >= 0.3 is 0 Å². The summed E-state index contributed by atoms with van der Waals surface area (Å²) in [5.74, 6) is -2.37. The molecule has 31 heavy (non-hydrogen) atoms. The fourth-order valence-corrected chi connectivity index (χ4v) is 3.31. The number of benzene rings is 2.